The molecule has 0 bridgehead atoms. The average Bonchev–Trinajstić information content (AvgIpc) is 0.863. The van der Waals surface area contributed by atoms with Crippen molar-refractivity contribution in [2.24, 2.45) is 0 Å². The number of carbonyl (C=O) groups excluding carboxylic acids is 3. The fraction of sp³-hybridized carbons (Fsp3) is 0.403. The zero-order valence-electron chi connectivity index (χ0n) is 69.5. The third-order valence-corrected chi connectivity index (χ3v) is 20.5. The van der Waals surface area contributed by atoms with Crippen LogP contribution in [0.4, 0.5) is 22.7 Å². The average molecular weight is 2020 g/mol. The van der Waals surface area contributed by atoms with Crippen molar-refractivity contribution in [3.63, 3.8) is 0 Å². The number of hydrogen-bond acceptors (Lipinski definition) is 30. The van der Waals surface area contributed by atoms with Crippen LogP contribution in [0.3, 0.4) is 0 Å². The zero-order chi connectivity index (χ0) is 90.9. The monoisotopic (exact) mass is 2020 g/mol. The van der Waals surface area contributed by atoms with Gasteiger partial charge in [-0.3, -0.25) is 40.5 Å². The Balaban J connectivity index is -0.00000147. The molecular formula is C77H96BrCl4MgN7Na2O30S4. The number of carbonyl (C=O) groups is 3. The minimum absolute atomic E-state index is 0. The van der Waals surface area contributed by atoms with E-state index in [1.54, 1.807) is 84.9 Å². The van der Waals surface area contributed by atoms with Crippen LogP contribution < -0.4 is 76.1 Å². The number of rotatable bonds is 42. The number of sulfonamides is 3. The summed E-state index contributed by atoms with van der Waals surface area (Å²) in [6.07, 6.45) is 1.31. The number of nitro groups is 4. The number of alkyl halides is 2. The first-order valence-corrected chi connectivity index (χ1v) is 44.5. The maximum atomic E-state index is 13.3. The molecule has 2 aliphatic rings. The predicted molar refractivity (Wildman–Crippen MR) is 460 cm³/mol. The van der Waals surface area contributed by atoms with E-state index in [2.05, 4.69) is 42.5 Å². The van der Waals surface area contributed by atoms with Gasteiger partial charge in [0.05, 0.1) is 121 Å². The first kappa shape index (κ1) is 125. The van der Waals surface area contributed by atoms with Crippen LogP contribution in [0.2, 0.25) is 0 Å². The molecule has 3 unspecified atom stereocenters. The summed E-state index contributed by atoms with van der Waals surface area (Å²) in [7, 11) is -4.69. The quantitative estimate of drug-likeness (QED) is 0.00701. The molecule has 3 atom stereocenters. The molecule has 49 heteroatoms. The van der Waals surface area contributed by atoms with E-state index in [-0.39, 0.29) is 234 Å². The molecule has 0 aromatic heterocycles. The normalized spacial score (nSPS) is 12.8. The molecule has 2 saturated heterocycles. The molecule has 9 rings (SSSR count). The van der Waals surface area contributed by atoms with Gasteiger partial charge >= 0.3 is 82.2 Å². The minimum Gasteiger partial charge on any atom is -1.00 e. The second-order valence-corrected chi connectivity index (χ2v) is 33.7. The van der Waals surface area contributed by atoms with Crippen LogP contribution in [0.5, 0.6) is 0 Å². The van der Waals surface area contributed by atoms with Crippen molar-refractivity contribution in [1.29, 1.82) is 0 Å². The van der Waals surface area contributed by atoms with Crippen molar-refractivity contribution in [3.05, 3.63) is 266 Å². The second kappa shape index (κ2) is 72.4. The molecule has 7 aromatic rings. The van der Waals surface area contributed by atoms with Gasteiger partial charge in [0.25, 0.3) is 17.1 Å². The number of aldehydes is 3. The number of benzene rings is 7. The van der Waals surface area contributed by atoms with Crippen LogP contribution in [-0.2, 0) is 116 Å². The van der Waals surface area contributed by atoms with Crippen LogP contribution in [-0.4, -0.2) is 272 Å². The van der Waals surface area contributed by atoms with E-state index < -0.39 is 71.2 Å². The number of non-ortho nitro benzene ring substituents is 4. The Hall–Kier alpha value is -5.17. The molecule has 682 valence electrons. The summed E-state index contributed by atoms with van der Waals surface area (Å²) in [5.41, 5.74) is 6.24. The second-order valence-electron chi connectivity index (χ2n) is 24.9. The van der Waals surface area contributed by atoms with Gasteiger partial charge in [0.15, 0.2) is 12.6 Å². The number of ether oxygens (including phenoxy) is 9. The van der Waals surface area contributed by atoms with Gasteiger partial charge < -0.3 is 98.8 Å². The van der Waals surface area contributed by atoms with Gasteiger partial charge in [-0.1, -0.05) is 89.5 Å². The summed E-state index contributed by atoms with van der Waals surface area (Å²) < 4.78 is 140. The van der Waals surface area contributed by atoms with Crippen molar-refractivity contribution in [1.82, 2.24) is 4.31 Å². The molecule has 3 N–H and O–H groups in total. The van der Waals surface area contributed by atoms with Crippen molar-refractivity contribution in [2.45, 2.75) is 84.9 Å². The Morgan fingerprint density at radius 2 is 0.802 bits per heavy atom. The number of hydrogen-bond donors (Lipinski definition) is 3. The largest absolute Gasteiger partial charge is 2.00 e. The maximum Gasteiger partial charge on any atom is 2.00 e. The minimum atomic E-state index is -4.07. The van der Waals surface area contributed by atoms with E-state index in [1.165, 1.54) is 84.9 Å². The third kappa shape index (κ3) is 57.2. The van der Waals surface area contributed by atoms with Crippen LogP contribution >= 0.6 is 44.6 Å². The molecule has 0 saturated carbocycles. The van der Waals surface area contributed by atoms with E-state index in [9.17, 15) is 90.3 Å². The topological polar surface area (TPSA) is 518 Å². The van der Waals surface area contributed by atoms with Crippen LogP contribution in [0, 0.1) is 68.2 Å². The SMILES string of the molecule is Cc1ccc(S(=O)(=O)[N-]CCN(CC[N-]S(=O)(=O)c2ccc(C)cc2)S(=O)(=O)c2ccc(C)cc2)cc1.O=CCOCC1OCCO1.O=CCOCC=O.O=S(Cl)Cl.O=[N+]([O-])c1ccc(CC(Cl)COCCCl)cc1.O=[N+]([O-])c1ccc(CC(O)COCC2OCCO2)cc1.O=[N+]([O-])c1ccc(CC(O)COCCO)cc1.[Br-].[CH2-]c1ccc([N+](=O)[O-])cc1.[Mg+2].[Na+].[Na+]. The standard InChI is InChI=1S/C25H29N3O6S3.C13H17NO6.C11H13Cl2NO3.C11H15NO5.C7H6NO2.C6H10O4.C4H6O3.BrH.Cl2OS.Mg.2Na/c1-20-4-10-23(11-5-20)35(29,30)26-16-18-28(37(33,34)25-14-8-22(3)9-15-25)19-17-27-36(31,32)24-12-6-21(2)7-13-24;15-12(8-18-9-13-19-5-6-20-13)7-10-1-3-11(4-2-10)14(16)17;12-5-6-17-8-10(13)7-9-1-3-11(4-2-9)14(15)16;13-5-6-17-8-11(14)7-9-1-3-10(4-2-9)12(15)16;1-6-2-4-7(5-3-6)8(9)10;7-1-2-8-5-6-9-3-4-10-6;5-1-3-7-4-2-6;;1-4(2)3;;;/h4-15H,16-19H2,1-3H3;1-4,12-13,15H,5-9H2;1-4,10H,5-8H2;1-4,11,13-14H,5-8H2;2-5H,1H2;1,6H,2-5H2;1-2H,3-4H2;1H;;;;/q-2;;;;-1;;;;;+2;2*+1/p-1. The number of aryl methyl sites for hydroxylation is 3. The Bertz CT molecular complexity index is 4410. The van der Waals surface area contributed by atoms with Crippen molar-refractivity contribution in [2.75, 3.05) is 131 Å². The van der Waals surface area contributed by atoms with Gasteiger partial charge in [-0.15, -0.1) is 36.3 Å². The molecule has 2 aliphatic heterocycles. The smallest absolute Gasteiger partial charge is 1.00 e. The van der Waals surface area contributed by atoms with Gasteiger partial charge in [0.2, 0.25) is 24.9 Å². The summed E-state index contributed by atoms with van der Waals surface area (Å²) in [5.74, 6) is 0.446. The number of aliphatic hydroxyl groups excluding tert-OH is 3. The predicted octanol–water partition coefficient (Wildman–Crippen LogP) is 0.949. The van der Waals surface area contributed by atoms with E-state index in [4.69, 9.17) is 70.4 Å². The molecule has 0 aliphatic carbocycles. The Morgan fingerprint density at radius 1 is 0.500 bits per heavy atom. The Morgan fingerprint density at radius 3 is 1.13 bits per heavy atom. The molecule has 37 nitrogen and oxygen atoms in total. The number of halogens is 5. The van der Waals surface area contributed by atoms with E-state index >= 15 is 0 Å². The zero-order valence-corrected chi connectivity index (χ0v) is 82.8. The van der Waals surface area contributed by atoms with E-state index in [0.29, 0.717) is 90.2 Å². The van der Waals surface area contributed by atoms with Gasteiger partial charge in [-0.2, -0.15) is 24.6 Å². The first-order valence-electron chi connectivity index (χ1n) is 36.4. The van der Waals surface area contributed by atoms with Gasteiger partial charge in [-0.25, -0.2) is 33.8 Å². The fourth-order valence-corrected chi connectivity index (χ4v) is 13.1. The summed E-state index contributed by atoms with van der Waals surface area (Å²) >= 11 is 11.5. The molecule has 0 spiro atoms. The van der Waals surface area contributed by atoms with E-state index in [1.807, 2.05) is 20.8 Å². The summed E-state index contributed by atoms with van der Waals surface area (Å²) in [4.78, 5) is 68.4. The molecule has 2 heterocycles. The molecule has 0 amide bonds. The van der Waals surface area contributed by atoms with Crippen molar-refractivity contribution < 1.29 is 198 Å². The van der Waals surface area contributed by atoms with Crippen molar-refractivity contribution >= 4 is 149 Å². The molecule has 7 aromatic carbocycles. The number of aliphatic hydroxyl groups is 3. The summed E-state index contributed by atoms with van der Waals surface area (Å²) in [6, 6.07) is 43.0. The number of nitro benzene ring substituents is 4. The summed E-state index contributed by atoms with van der Waals surface area (Å²) in [5, 5.41) is 69.2. The van der Waals surface area contributed by atoms with Gasteiger partial charge in [-0.05, 0) is 106 Å². The Kier molecular flexibility index (Phi) is 71.8. The fourth-order valence-electron chi connectivity index (χ4n) is 9.42. The number of nitrogens with zero attached hydrogens (tertiary/aromatic N) is 7. The third-order valence-electron chi connectivity index (χ3n) is 15.3. The molecule has 2 fully saturated rings. The Labute approximate surface area is 823 Å². The van der Waals surface area contributed by atoms with Crippen LogP contribution in [0.15, 0.2) is 185 Å². The van der Waals surface area contributed by atoms with Crippen LogP contribution in [0.25, 0.3) is 9.44 Å². The van der Waals surface area contributed by atoms with Gasteiger partial charge in [0, 0.05) is 86.3 Å². The van der Waals surface area contributed by atoms with Gasteiger partial charge in [0.1, 0.15) is 58.7 Å². The molecule has 0 radical (unpaired) electrons. The first-order chi connectivity index (χ1) is 58.0. The van der Waals surface area contributed by atoms with E-state index in [0.717, 1.165) is 43.2 Å². The van der Waals surface area contributed by atoms with Crippen molar-refractivity contribution in [3.8, 4) is 0 Å². The maximum absolute atomic E-state index is 13.3. The molecular weight excluding hydrogens is 1920 g/mol. The van der Waals surface area contributed by atoms with Crippen LogP contribution in [0.1, 0.15) is 38.9 Å². The summed E-state index contributed by atoms with van der Waals surface area (Å²) in [6.45, 7) is 12.3. The molecule has 126 heavy (non-hydrogen) atoms.